The Hall–Kier alpha value is -1.89. The number of carbonyl (C=O) groups excluding carboxylic acids is 1. The maximum atomic E-state index is 12.1. The van der Waals surface area contributed by atoms with Crippen molar-refractivity contribution in [2.24, 2.45) is 0 Å². The summed E-state index contributed by atoms with van der Waals surface area (Å²) in [5.74, 6) is -0.463. The molecule has 0 unspecified atom stereocenters. The maximum Gasteiger partial charge on any atom is 0.254 e. The molecule has 2 aromatic rings. The number of nitrogens with one attached hydrogen (secondary N) is 2. The van der Waals surface area contributed by atoms with E-state index in [1.807, 2.05) is 18.2 Å². The third-order valence-electron chi connectivity index (χ3n) is 3.12. The largest absolute Gasteiger partial charge is 0.394 e. The standard InChI is InChI=1S/C13H16N2O4/c16-6-13(7-17,8-18)15-12(19)10-5-14-11-4-2-1-3-9(10)11/h1-5,14,16-18H,6-8H2,(H,15,19). The SMILES string of the molecule is O=C(NC(CO)(CO)CO)c1c[nH]c2ccccc12. The van der Waals surface area contributed by atoms with Gasteiger partial charge in [-0.15, -0.1) is 0 Å². The molecule has 0 saturated carbocycles. The van der Waals surface area contributed by atoms with E-state index in [2.05, 4.69) is 10.3 Å². The number of amides is 1. The summed E-state index contributed by atoms with van der Waals surface area (Å²) in [6.07, 6.45) is 1.55. The van der Waals surface area contributed by atoms with Crippen LogP contribution >= 0.6 is 0 Å². The van der Waals surface area contributed by atoms with Crippen molar-refractivity contribution in [3.8, 4) is 0 Å². The number of aromatic amines is 1. The predicted octanol–water partition coefficient (Wildman–Crippen LogP) is -0.387. The van der Waals surface area contributed by atoms with Crippen LogP contribution in [0.15, 0.2) is 30.5 Å². The molecule has 5 N–H and O–H groups in total. The van der Waals surface area contributed by atoms with Crippen molar-refractivity contribution in [1.29, 1.82) is 0 Å². The van der Waals surface area contributed by atoms with Gasteiger partial charge in [-0.2, -0.15) is 0 Å². The Kier molecular flexibility index (Phi) is 3.84. The Morgan fingerprint density at radius 1 is 1.16 bits per heavy atom. The fourth-order valence-corrected chi connectivity index (χ4v) is 1.84. The first-order valence-corrected chi connectivity index (χ1v) is 5.87. The van der Waals surface area contributed by atoms with E-state index >= 15 is 0 Å². The summed E-state index contributed by atoms with van der Waals surface area (Å²) in [7, 11) is 0. The number of aliphatic hydroxyl groups excluding tert-OH is 3. The minimum absolute atomic E-state index is 0.398. The van der Waals surface area contributed by atoms with Gasteiger partial charge in [-0.05, 0) is 6.07 Å². The lowest BCUT2D eigenvalue weighted by Gasteiger charge is -2.28. The lowest BCUT2D eigenvalue weighted by molar-refractivity contribution is 0.0376. The highest BCUT2D eigenvalue weighted by Crippen LogP contribution is 2.18. The molecule has 1 aromatic heterocycles. The Bertz CT molecular complexity index is 567. The van der Waals surface area contributed by atoms with E-state index in [0.717, 1.165) is 10.9 Å². The highest BCUT2D eigenvalue weighted by Gasteiger charge is 2.30. The minimum atomic E-state index is -1.42. The van der Waals surface area contributed by atoms with Crippen LogP contribution in [0.25, 0.3) is 10.9 Å². The van der Waals surface area contributed by atoms with Gasteiger partial charge >= 0.3 is 0 Å². The molecule has 1 aromatic carbocycles. The topological polar surface area (TPSA) is 106 Å². The molecule has 102 valence electrons. The van der Waals surface area contributed by atoms with Gasteiger partial charge in [0.25, 0.3) is 5.91 Å². The molecule has 0 aliphatic rings. The number of para-hydroxylation sites is 1. The molecule has 1 heterocycles. The third kappa shape index (κ3) is 2.46. The molecular weight excluding hydrogens is 248 g/mol. The van der Waals surface area contributed by atoms with Gasteiger partial charge in [-0.3, -0.25) is 4.79 Å². The summed E-state index contributed by atoms with van der Waals surface area (Å²) in [5.41, 5.74) is -0.208. The molecule has 0 aliphatic heterocycles. The molecule has 6 heteroatoms. The molecule has 19 heavy (non-hydrogen) atoms. The van der Waals surface area contributed by atoms with Gasteiger partial charge in [0, 0.05) is 17.1 Å². The smallest absolute Gasteiger partial charge is 0.254 e. The highest BCUT2D eigenvalue weighted by molar-refractivity contribution is 6.06. The van der Waals surface area contributed by atoms with Gasteiger partial charge < -0.3 is 25.6 Å². The molecule has 0 saturated heterocycles. The highest BCUT2D eigenvalue weighted by atomic mass is 16.3. The average molecular weight is 264 g/mol. The summed E-state index contributed by atoms with van der Waals surface area (Å²) in [4.78, 5) is 15.1. The van der Waals surface area contributed by atoms with E-state index in [-0.39, 0.29) is 0 Å². The zero-order chi connectivity index (χ0) is 13.9. The monoisotopic (exact) mass is 264 g/mol. The van der Waals surface area contributed by atoms with Gasteiger partial charge in [-0.1, -0.05) is 18.2 Å². The summed E-state index contributed by atoms with van der Waals surface area (Å²) in [6, 6.07) is 7.28. The number of H-pyrrole nitrogens is 1. The number of benzene rings is 1. The van der Waals surface area contributed by atoms with Gasteiger partial charge in [0.15, 0.2) is 0 Å². The summed E-state index contributed by atoms with van der Waals surface area (Å²) >= 11 is 0. The first kappa shape index (κ1) is 13.5. The Labute approximate surface area is 109 Å². The molecule has 0 spiro atoms. The Morgan fingerprint density at radius 3 is 2.42 bits per heavy atom. The maximum absolute atomic E-state index is 12.1. The quantitative estimate of drug-likeness (QED) is 0.507. The molecular formula is C13H16N2O4. The molecule has 0 aliphatic carbocycles. The van der Waals surface area contributed by atoms with Crippen LogP contribution in [0.4, 0.5) is 0 Å². The van der Waals surface area contributed by atoms with Crippen LogP contribution in [0.2, 0.25) is 0 Å². The second-order valence-corrected chi connectivity index (χ2v) is 4.46. The predicted molar refractivity (Wildman–Crippen MR) is 69.8 cm³/mol. The summed E-state index contributed by atoms with van der Waals surface area (Å²) < 4.78 is 0. The second kappa shape index (κ2) is 5.40. The van der Waals surface area contributed by atoms with Gasteiger partial charge in [0.1, 0.15) is 5.54 Å². The first-order chi connectivity index (χ1) is 9.15. The van der Waals surface area contributed by atoms with Crippen LogP contribution in [0.5, 0.6) is 0 Å². The third-order valence-corrected chi connectivity index (χ3v) is 3.12. The minimum Gasteiger partial charge on any atom is -0.394 e. The number of carbonyl (C=O) groups is 1. The molecule has 2 rings (SSSR count). The molecule has 0 atom stereocenters. The van der Waals surface area contributed by atoms with E-state index in [0.29, 0.717) is 5.56 Å². The van der Waals surface area contributed by atoms with E-state index < -0.39 is 31.3 Å². The van der Waals surface area contributed by atoms with Crippen molar-refractivity contribution in [3.63, 3.8) is 0 Å². The number of aliphatic hydroxyl groups is 3. The van der Waals surface area contributed by atoms with Crippen molar-refractivity contribution in [2.45, 2.75) is 5.54 Å². The number of aromatic nitrogens is 1. The van der Waals surface area contributed by atoms with Crippen molar-refractivity contribution >= 4 is 16.8 Å². The molecule has 1 amide bonds. The zero-order valence-corrected chi connectivity index (χ0v) is 10.3. The van der Waals surface area contributed by atoms with Gasteiger partial charge in [0.2, 0.25) is 0 Å². The van der Waals surface area contributed by atoms with Crippen molar-refractivity contribution in [1.82, 2.24) is 10.3 Å². The van der Waals surface area contributed by atoms with E-state index in [9.17, 15) is 20.1 Å². The normalized spacial score (nSPS) is 11.7. The Morgan fingerprint density at radius 2 is 1.79 bits per heavy atom. The van der Waals surface area contributed by atoms with Crippen LogP contribution in [0.3, 0.4) is 0 Å². The van der Waals surface area contributed by atoms with E-state index in [1.54, 1.807) is 12.3 Å². The fraction of sp³-hybridized carbons (Fsp3) is 0.308. The lowest BCUT2D eigenvalue weighted by Crippen LogP contribution is -2.57. The van der Waals surface area contributed by atoms with Crippen LogP contribution in [-0.4, -0.2) is 51.6 Å². The fourth-order valence-electron chi connectivity index (χ4n) is 1.84. The van der Waals surface area contributed by atoms with Crippen LogP contribution < -0.4 is 5.32 Å². The van der Waals surface area contributed by atoms with Crippen LogP contribution in [0.1, 0.15) is 10.4 Å². The van der Waals surface area contributed by atoms with Crippen molar-refractivity contribution < 1.29 is 20.1 Å². The number of fused-ring (bicyclic) bond motifs is 1. The molecule has 6 nitrogen and oxygen atoms in total. The first-order valence-electron chi connectivity index (χ1n) is 5.87. The van der Waals surface area contributed by atoms with Gasteiger partial charge in [0.05, 0.1) is 25.4 Å². The molecule has 0 fully saturated rings. The number of hydrogen-bond donors (Lipinski definition) is 5. The van der Waals surface area contributed by atoms with E-state index in [1.165, 1.54) is 0 Å². The Balaban J connectivity index is 2.29. The van der Waals surface area contributed by atoms with Crippen LogP contribution in [0, 0.1) is 0 Å². The zero-order valence-electron chi connectivity index (χ0n) is 10.3. The number of rotatable bonds is 5. The van der Waals surface area contributed by atoms with Gasteiger partial charge in [-0.25, -0.2) is 0 Å². The molecule has 0 bridgehead atoms. The average Bonchev–Trinajstić information content (AvgIpc) is 2.89. The lowest BCUT2D eigenvalue weighted by atomic mass is 10.0. The van der Waals surface area contributed by atoms with Crippen molar-refractivity contribution in [3.05, 3.63) is 36.0 Å². The summed E-state index contributed by atoms with van der Waals surface area (Å²) in [6.45, 7) is -1.64. The second-order valence-electron chi connectivity index (χ2n) is 4.46. The molecule has 0 radical (unpaired) electrons. The van der Waals surface area contributed by atoms with Crippen molar-refractivity contribution in [2.75, 3.05) is 19.8 Å². The number of hydrogen-bond acceptors (Lipinski definition) is 4. The summed E-state index contributed by atoms with van der Waals surface area (Å²) in [5, 5.41) is 30.8. The van der Waals surface area contributed by atoms with E-state index in [4.69, 9.17) is 0 Å². The van der Waals surface area contributed by atoms with Crippen LogP contribution in [-0.2, 0) is 0 Å².